The third kappa shape index (κ3) is 2.31. The van der Waals surface area contributed by atoms with Crippen molar-refractivity contribution in [3.8, 4) is 11.4 Å². The van der Waals surface area contributed by atoms with Crippen molar-refractivity contribution in [3.63, 3.8) is 0 Å². The lowest BCUT2D eigenvalue weighted by molar-refractivity contribution is 0.579. The quantitative estimate of drug-likeness (QED) is 0.817. The molecule has 8 heteroatoms. The zero-order valence-corrected chi connectivity index (χ0v) is 12.1. The van der Waals surface area contributed by atoms with Gasteiger partial charge in [0, 0.05) is 22.3 Å². The first kappa shape index (κ1) is 13.5. The highest BCUT2D eigenvalue weighted by Gasteiger charge is 2.34. The van der Waals surface area contributed by atoms with Crippen molar-refractivity contribution in [1.82, 2.24) is 14.8 Å². The van der Waals surface area contributed by atoms with Gasteiger partial charge >= 0.3 is 0 Å². The van der Waals surface area contributed by atoms with Gasteiger partial charge in [0.25, 0.3) is 14.2 Å². The van der Waals surface area contributed by atoms with Crippen LogP contribution in [0.3, 0.4) is 0 Å². The highest BCUT2D eigenvalue weighted by molar-refractivity contribution is 8.13. The third-order valence-corrected chi connectivity index (χ3v) is 4.36. The van der Waals surface area contributed by atoms with Gasteiger partial charge in [0.2, 0.25) is 0 Å². The van der Waals surface area contributed by atoms with Crippen molar-refractivity contribution in [2.24, 2.45) is 0 Å². The second kappa shape index (κ2) is 4.53. The second-order valence-electron chi connectivity index (χ2n) is 4.80. The molecule has 0 radical (unpaired) electrons. The summed E-state index contributed by atoms with van der Waals surface area (Å²) in [4.78, 5) is 0. The fourth-order valence-corrected chi connectivity index (χ4v) is 3.05. The Morgan fingerprint density at radius 1 is 1.35 bits per heavy atom. The molecule has 1 saturated carbocycles. The Bertz CT molecular complexity index is 784. The average Bonchev–Trinajstić information content (AvgIpc) is 3.09. The minimum Gasteiger partial charge on any atom is -0.294 e. The molecule has 3 rings (SSSR count). The zero-order valence-electron chi connectivity index (χ0n) is 10.5. The molecule has 0 N–H and O–H groups in total. The predicted octanol–water partition coefficient (Wildman–Crippen LogP) is 2.66. The Kier molecular flexibility index (Phi) is 3.06. The maximum absolute atomic E-state index is 13.4. The Hall–Kier alpha value is -1.47. The Morgan fingerprint density at radius 2 is 2.05 bits per heavy atom. The monoisotopic (exact) mass is 315 g/mol. The summed E-state index contributed by atoms with van der Waals surface area (Å²) in [6.45, 7) is 1.80. The molecular formula is C12H11ClFN3O2S. The highest BCUT2D eigenvalue weighted by Crippen LogP contribution is 2.40. The van der Waals surface area contributed by atoms with Crippen LogP contribution in [0, 0.1) is 12.7 Å². The molecule has 1 aliphatic carbocycles. The van der Waals surface area contributed by atoms with Crippen LogP contribution in [-0.4, -0.2) is 23.2 Å². The summed E-state index contributed by atoms with van der Waals surface area (Å²) in [5.41, 5.74) is 1.31. The summed E-state index contributed by atoms with van der Waals surface area (Å²) < 4.78 is 38.0. The zero-order chi connectivity index (χ0) is 14.5. The van der Waals surface area contributed by atoms with E-state index in [1.54, 1.807) is 13.0 Å². The third-order valence-electron chi connectivity index (χ3n) is 3.24. The lowest BCUT2D eigenvalue weighted by Crippen LogP contribution is -2.06. The minimum atomic E-state index is -3.98. The first-order chi connectivity index (χ1) is 9.38. The topological polar surface area (TPSA) is 64.8 Å². The van der Waals surface area contributed by atoms with Gasteiger partial charge in [-0.05, 0) is 37.5 Å². The number of nitrogens with zero attached hydrogens (tertiary/aromatic N) is 3. The largest absolute Gasteiger partial charge is 0.296 e. The number of benzene rings is 1. The number of aryl methyl sites for hydroxylation is 1. The first-order valence-corrected chi connectivity index (χ1v) is 8.35. The Labute approximate surface area is 119 Å². The molecule has 0 aliphatic heterocycles. The molecule has 1 heterocycles. The first-order valence-electron chi connectivity index (χ1n) is 6.04. The molecule has 0 atom stereocenters. The van der Waals surface area contributed by atoms with Crippen LogP contribution in [0.2, 0.25) is 0 Å². The van der Waals surface area contributed by atoms with Gasteiger partial charge in [0.05, 0.1) is 0 Å². The highest BCUT2D eigenvalue weighted by atomic mass is 35.7. The predicted molar refractivity (Wildman–Crippen MR) is 71.5 cm³/mol. The Balaban J connectivity index is 2.25. The van der Waals surface area contributed by atoms with Gasteiger partial charge < -0.3 is 0 Å². The van der Waals surface area contributed by atoms with E-state index in [0.29, 0.717) is 11.4 Å². The van der Waals surface area contributed by atoms with Crippen LogP contribution in [0.25, 0.3) is 11.4 Å². The van der Waals surface area contributed by atoms with Crippen LogP contribution in [0.5, 0.6) is 0 Å². The number of hydrogen-bond donors (Lipinski definition) is 0. The molecule has 0 amide bonds. The van der Waals surface area contributed by atoms with Gasteiger partial charge in [-0.15, -0.1) is 10.2 Å². The molecule has 106 valence electrons. The summed E-state index contributed by atoms with van der Waals surface area (Å²) in [6, 6.07) is 4.29. The van der Waals surface area contributed by atoms with Crippen molar-refractivity contribution in [3.05, 3.63) is 29.6 Å². The van der Waals surface area contributed by atoms with E-state index in [-0.39, 0.29) is 11.2 Å². The summed E-state index contributed by atoms with van der Waals surface area (Å²) >= 11 is 0. The molecule has 1 aliphatic rings. The molecule has 5 nitrogen and oxygen atoms in total. The summed E-state index contributed by atoms with van der Waals surface area (Å²) in [5.74, 6) is -0.0741. The van der Waals surface area contributed by atoms with Crippen molar-refractivity contribution in [1.29, 1.82) is 0 Å². The fraction of sp³-hybridized carbons (Fsp3) is 0.333. The lowest BCUT2D eigenvalue weighted by atomic mass is 10.1. The molecule has 1 aromatic carbocycles. The summed E-state index contributed by atoms with van der Waals surface area (Å²) in [5, 5.41) is 7.29. The number of rotatable bonds is 3. The number of hydrogen-bond acceptors (Lipinski definition) is 4. The van der Waals surface area contributed by atoms with Gasteiger partial charge in [-0.1, -0.05) is 6.07 Å². The number of aromatic nitrogens is 3. The van der Waals surface area contributed by atoms with Crippen molar-refractivity contribution < 1.29 is 12.8 Å². The van der Waals surface area contributed by atoms with Gasteiger partial charge in [0.15, 0.2) is 5.82 Å². The second-order valence-corrected chi connectivity index (χ2v) is 7.26. The fourth-order valence-electron chi connectivity index (χ4n) is 2.12. The lowest BCUT2D eigenvalue weighted by Gasteiger charge is -2.09. The van der Waals surface area contributed by atoms with E-state index in [1.807, 2.05) is 0 Å². The van der Waals surface area contributed by atoms with E-state index in [1.165, 1.54) is 16.7 Å². The van der Waals surface area contributed by atoms with Gasteiger partial charge in [-0.2, -0.15) is 0 Å². The van der Waals surface area contributed by atoms with Crippen LogP contribution in [-0.2, 0) is 9.05 Å². The summed E-state index contributed by atoms with van der Waals surface area (Å²) in [6.07, 6.45) is 1.66. The van der Waals surface area contributed by atoms with E-state index in [4.69, 9.17) is 10.7 Å². The standard InChI is InChI=1S/C12H11ClFN3O2S/c1-7-2-3-8(14)6-10(7)11-15-16-12(20(13,18)19)17(11)9-4-5-9/h2-3,6,9H,4-5H2,1H3. The van der Waals surface area contributed by atoms with Crippen LogP contribution in [0.15, 0.2) is 23.4 Å². The van der Waals surface area contributed by atoms with Gasteiger partial charge in [-0.25, -0.2) is 12.8 Å². The molecule has 0 saturated heterocycles. The van der Waals surface area contributed by atoms with E-state index in [9.17, 15) is 12.8 Å². The molecule has 1 fully saturated rings. The van der Waals surface area contributed by atoms with E-state index in [2.05, 4.69) is 10.2 Å². The molecule has 1 aromatic heterocycles. The van der Waals surface area contributed by atoms with Crippen LogP contribution >= 0.6 is 10.7 Å². The maximum atomic E-state index is 13.4. The average molecular weight is 316 g/mol. The normalized spacial score (nSPS) is 15.6. The molecule has 0 bridgehead atoms. The molecular weight excluding hydrogens is 305 g/mol. The van der Waals surface area contributed by atoms with Crippen LogP contribution < -0.4 is 0 Å². The van der Waals surface area contributed by atoms with Crippen molar-refractivity contribution >= 4 is 19.7 Å². The molecule has 0 spiro atoms. The van der Waals surface area contributed by atoms with Gasteiger partial charge in [-0.3, -0.25) is 4.57 Å². The van der Waals surface area contributed by atoms with Crippen LogP contribution in [0.1, 0.15) is 24.4 Å². The van der Waals surface area contributed by atoms with E-state index in [0.717, 1.165) is 18.4 Å². The van der Waals surface area contributed by atoms with Crippen LogP contribution in [0.4, 0.5) is 4.39 Å². The Morgan fingerprint density at radius 3 is 2.65 bits per heavy atom. The number of halogens is 2. The molecule has 2 aromatic rings. The maximum Gasteiger partial charge on any atom is 0.296 e. The van der Waals surface area contributed by atoms with E-state index < -0.39 is 14.9 Å². The van der Waals surface area contributed by atoms with Gasteiger partial charge in [0.1, 0.15) is 5.82 Å². The van der Waals surface area contributed by atoms with Crippen molar-refractivity contribution in [2.75, 3.05) is 0 Å². The smallest absolute Gasteiger partial charge is 0.294 e. The molecule has 20 heavy (non-hydrogen) atoms. The molecule has 0 unspecified atom stereocenters. The SMILES string of the molecule is Cc1ccc(F)cc1-c1nnc(S(=O)(=O)Cl)n1C1CC1. The van der Waals surface area contributed by atoms with E-state index >= 15 is 0 Å². The summed E-state index contributed by atoms with van der Waals surface area (Å²) in [7, 11) is 1.40. The van der Waals surface area contributed by atoms with Crippen molar-refractivity contribution in [2.45, 2.75) is 31.0 Å². The minimum absolute atomic E-state index is 0.00573.